The van der Waals surface area contributed by atoms with Crippen LogP contribution < -0.4 is 5.32 Å². The highest BCUT2D eigenvalue weighted by atomic mass is 32.1. The first-order valence-electron chi connectivity index (χ1n) is 6.23. The monoisotopic (exact) mass is 304 g/mol. The maximum atomic E-state index is 12.0. The lowest BCUT2D eigenvalue weighted by Gasteiger charge is -2.03. The van der Waals surface area contributed by atoms with Gasteiger partial charge in [-0.3, -0.25) is 9.48 Å². The molecule has 21 heavy (non-hydrogen) atoms. The summed E-state index contributed by atoms with van der Waals surface area (Å²) >= 11 is 1.22. The molecule has 8 nitrogen and oxygen atoms in total. The normalized spacial score (nSPS) is 11.0. The van der Waals surface area contributed by atoms with Gasteiger partial charge in [0.1, 0.15) is 4.88 Å². The Morgan fingerprint density at radius 3 is 2.95 bits per heavy atom. The lowest BCUT2D eigenvalue weighted by atomic mass is 10.4. The van der Waals surface area contributed by atoms with Crippen LogP contribution in [0.3, 0.4) is 0 Å². The maximum Gasteiger partial charge on any atom is 0.313 e. The first-order valence-corrected chi connectivity index (χ1v) is 7.01. The molecule has 3 aromatic heterocycles. The number of aromatic nitrogens is 5. The van der Waals surface area contributed by atoms with E-state index in [0.717, 1.165) is 0 Å². The van der Waals surface area contributed by atoms with Gasteiger partial charge < -0.3 is 9.73 Å². The number of amides is 1. The third-order valence-corrected chi connectivity index (χ3v) is 3.39. The predicted molar refractivity (Wildman–Crippen MR) is 76.0 cm³/mol. The van der Waals surface area contributed by atoms with Crippen molar-refractivity contribution < 1.29 is 9.21 Å². The van der Waals surface area contributed by atoms with Gasteiger partial charge in [0.25, 0.3) is 5.89 Å². The predicted octanol–water partition coefficient (Wildman–Crippen LogP) is 2.22. The second kappa shape index (κ2) is 5.44. The van der Waals surface area contributed by atoms with Crippen molar-refractivity contribution in [1.82, 2.24) is 24.4 Å². The third-order valence-electron chi connectivity index (χ3n) is 2.66. The molecule has 0 spiro atoms. The molecule has 0 fully saturated rings. The minimum Gasteiger partial charge on any atom is -0.411 e. The first-order chi connectivity index (χ1) is 10.1. The Hall–Kier alpha value is -2.55. The lowest BCUT2D eigenvalue weighted by molar-refractivity contribution is 0.0991. The van der Waals surface area contributed by atoms with Crippen molar-refractivity contribution >= 4 is 23.1 Å². The van der Waals surface area contributed by atoms with Gasteiger partial charge in [0, 0.05) is 18.4 Å². The van der Waals surface area contributed by atoms with Crippen LogP contribution in [0, 0.1) is 0 Å². The van der Waals surface area contributed by atoms with Crippen LogP contribution in [0.5, 0.6) is 0 Å². The van der Waals surface area contributed by atoms with Gasteiger partial charge in [0.2, 0.25) is 0 Å². The second-order valence-electron chi connectivity index (χ2n) is 4.55. The van der Waals surface area contributed by atoms with E-state index >= 15 is 0 Å². The molecule has 0 atom stereocenters. The van der Waals surface area contributed by atoms with Gasteiger partial charge in [0.05, 0.1) is 11.9 Å². The summed E-state index contributed by atoms with van der Waals surface area (Å²) in [5, 5.41) is 14.4. The van der Waals surface area contributed by atoms with Crippen molar-refractivity contribution in [3.05, 3.63) is 30.5 Å². The van der Waals surface area contributed by atoms with Gasteiger partial charge in [0.15, 0.2) is 0 Å². The molecule has 0 unspecified atom stereocenters. The summed E-state index contributed by atoms with van der Waals surface area (Å²) in [5.41, 5.74) is 0.575. The third kappa shape index (κ3) is 2.82. The van der Waals surface area contributed by atoms with Crippen LogP contribution >= 0.6 is 11.5 Å². The molecule has 3 rings (SSSR count). The van der Waals surface area contributed by atoms with Gasteiger partial charge in [-0.15, -0.1) is 10.2 Å². The fourth-order valence-corrected chi connectivity index (χ4v) is 2.13. The smallest absolute Gasteiger partial charge is 0.313 e. The van der Waals surface area contributed by atoms with E-state index in [1.165, 1.54) is 11.5 Å². The molecule has 0 aliphatic heterocycles. The van der Waals surface area contributed by atoms with Crippen LogP contribution in [0.1, 0.15) is 30.6 Å². The van der Waals surface area contributed by atoms with Gasteiger partial charge in [-0.25, -0.2) is 4.37 Å². The quantitative estimate of drug-likeness (QED) is 0.793. The fourth-order valence-electron chi connectivity index (χ4n) is 1.61. The van der Waals surface area contributed by atoms with Crippen molar-refractivity contribution in [2.45, 2.75) is 19.9 Å². The minimum absolute atomic E-state index is 0.101. The number of hydrogen-bond acceptors (Lipinski definition) is 7. The van der Waals surface area contributed by atoms with E-state index in [1.54, 1.807) is 29.3 Å². The summed E-state index contributed by atoms with van der Waals surface area (Å²) in [6, 6.07) is 1.96. The molecular formula is C12H12N6O2S. The molecular weight excluding hydrogens is 292 g/mol. The molecule has 0 saturated carbocycles. The highest BCUT2D eigenvalue weighted by Crippen LogP contribution is 2.21. The number of nitrogens with zero attached hydrogens (tertiary/aromatic N) is 5. The van der Waals surface area contributed by atoms with Gasteiger partial charge in [-0.1, -0.05) is 0 Å². The molecule has 0 aliphatic rings. The van der Waals surface area contributed by atoms with E-state index in [4.69, 9.17) is 4.42 Å². The molecule has 0 aromatic carbocycles. The van der Waals surface area contributed by atoms with E-state index in [0.29, 0.717) is 10.6 Å². The maximum absolute atomic E-state index is 12.0. The lowest BCUT2D eigenvalue weighted by Crippen LogP contribution is -2.11. The van der Waals surface area contributed by atoms with Crippen LogP contribution in [0.25, 0.3) is 10.8 Å². The van der Waals surface area contributed by atoms with E-state index in [1.807, 2.05) is 13.8 Å². The van der Waals surface area contributed by atoms with Crippen LogP contribution in [-0.4, -0.2) is 30.3 Å². The number of hydrogen-bond donors (Lipinski definition) is 1. The summed E-state index contributed by atoms with van der Waals surface area (Å²) in [7, 11) is 0. The SMILES string of the molecule is CC(C)n1cc(NC(=O)c2nnc(-c3ccns3)o2)cn1. The molecule has 0 bridgehead atoms. The first kappa shape index (κ1) is 13.4. The molecule has 0 aliphatic carbocycles. The average molecular weight is 304 g/mol. The summed E-state index contributed by atoms with van der Waals surface area (Å²) in [4.78, 5) is 12.7. The van der Waals surface area contributed by atoms with Crippen molar-refractivity contribution in [2.24, 2.45) is 0 Å². The van der Waals surface area contributed by atoms with Crippen molar-refractivity contribution in [2.75, 3.05) is 5.32 Å². The van der Waals surface area contributed by atoms with E-state index in [9.17, 15) is 4.79 Å². The summed E-state index contributed by atoms with van der Waals surface area (Å²) in [6.45, 7) is 4.00. The van der Waals surface area contributed by atoms with Gasteiger partial charge >= 0.3 is 11.8 Å². The van der Waals surface area contributed by atoms with Crippen molar-refractivity contribution in [1.29, 1.82) is 0 Å². The molecule has 0 saturated heterocycles. The number of nitrogens with one attached hydrogen (secondary N) is 1. The fraction of sp³-hybridized carbons (Fsp3) is 0.250. The summed E-state index contributed by atoms with van der Waals surface area (Å²) in [6.07, 6.45) is 4.94. The number of carbonyl (C=O) groups excluding carboxylic acids is 1. The Bertz CT molecular complexity index is 745. The van der Waals surface area contributed by atoms with Crippen LogP contribution in [-0.2, 0) is 0 Å². The van der Waals surface area contributed by atoms with Gasteiger partial charge in [-0.05, 0) is 31.4 Å². The summed E-state index contributed by atoms with van der Waals surface area (Å²) in [5.74, 6) is -0.294. The number of anilines is 1. The zero-order valence-electron chi connectivity index (χ0n) is 11.3. The van der Waals surface area contributed by atoms with Crippen LogP contribution in [0.4, 0.5) is 5.69 Å². The Balaban J connectivity index is 1.73. The Morgan fingerprint density at radius 2 is 2.29 bits per heavy atom. The zero-order valence-corrected chi connectivity index (χ0v) is 12.2. The standard InChI is InChI=1S/C12H12N6O2S/c1-7(2)18-6-8(5-13-18)15-10(19)12-17-16-11(20-12)9-3-4-14-21-9/h3-7H,1-2H3,(H,15,19). The van der Waals surface area contributed by atoms with Crippen LogP contribution in [0.2, 0.25) is 0 Å². The highest BCUT2D eigenvalue weighted by Gasteiger charge is 2.17. The Kier molecular flexibility index (Phi) is 3.48. The zero-order chi connectivity index (χ0) is 14.8. The summed E-state index contributed by atoms with van der Waals surface area (Å²) < 4.78 is 11.0. The molecule has 3 heterocycles. The Labute approximate surface area is 124 Å². The van der Waals surface area contributed by atoms with Crippen molar-refractivity contribution in [3.63, 3.8) is 0 Å². The van der Waals surface area contributed by atoms with E-state index in [-0.39, 0.29) is 17.8 Å². The Morgan fingerprint density at radius 1 is 1.43 bits per heavy atom. The topological polar surface area (TPSA) is 98.7 Å². The largest absolute Gasteiger partial charge is 0.411 e. The minimum atomic E-state index is -0.471. The molecule has 3 aromatic rings. The molecule has 9 heteroatoms. The van der Waals surface area contributed by atoms with E-state index in [2.05, 4.69) is 25.0 Å². The van der Waals surface area contributed by atoms with Gasteiger partial charge in [-0.2, -0.15) is 5.10 Å². The van der Waals surface area contributed by atoms with E-state index < -0.39 is 5.91 Å². The molecule has 108 valence electrons. The molecule has 0 radical (unpaired) electrons. The number of carbonyl (C=O) groups is 1. The molecule has 1 N–H and O–H groups in total. The average Bonchev–Trinajstić information content (AvgIpc) is 3.19. The molecule has 1 amide bonds. The number of rotatable bonds is 4. The second-order valence-corrected chi connectivity index (χ2v) is 5.38. The highest BCUT2D eigenvalue weighted by molar-refractivity contribution is 7.09. The van der Waals surface area contributed by atoms with Crippen molar-refractivity contribution in [3.8, 4) is 10.8 Å². The van der Waals surface area contributed by atoms with Crippen LogP contribution in [0.15, 0.2) is 29.1 Å².